The zero-order chi connectivity index (χ0) is 19.8. The Balaban J connectivity index is 1.92. The van der Waals surface area contributed by atoms with Crippen LogP contribution in [0.5, 0.6) is 0 Å². The molecule has 0 unspecified atom stereocenters. The third kappa shape index (κ3) is 6.36. The van der Waals surface area contributed by atoms with Crippen LogP contribution in [0.3, 0.4) is 0 Å². The predicted octanol–water partition coefficient (Wildman–Crippen LogP) is 4.20. The molecule has 2 aromatic rings. The van der Waals surface area contributed by atoms with Gasteiger partial charge in [0.05, 0.1) is 17.1 Å². The van der Waals surface area contributed by atoms with Gasteiger partial charge in [0.15, 0.2) is 6.10 Å². The van der Waals surface area contributed by atoms with E-state index in [4.69, 9.17) is 27.9 Å². The topological polar surface area (TPSA) is 79.8 Å². The molecule has 0 fully saturated rings. The number of hydrogen-bond donors (Lipinski definition) is 2. The summed E-state index contributed by atoms with van der Waals surface area (Å²) >= 11 is 11.8. The van der Waals surface area contributed by atoms with Gasteiger partial charge in [0.2, 0.25) is 5.91 Å². The molecule has 1 atom stereocenters. The summed E-state index contributed by atoms with van der Waals surface area (Å²) in [5.41, 5.74) is 4.00. The molecule has 0 aliphatic rings. The maximum absolute atomic E-state index is 12.3. The molecule has 2 rings (SSSR count). The van der Waals surface area contributed by atoms with Crippen molar-refractivity contribution in [2.24, 2.45) is 5.10 Å². The van der Waals surface area contributed by atoms with E-state index in [2.05, 4.69) is 15.8 Å². The van der Waals surface area contributed by atoms with Crippen LogP contribution in [-0.2, 0) is 14.3 Å². The normalized spacial score (nSPS) is 12.4. The number of hydrazone groups is 1. The minimum Gasteiger partial charge on any atom is -0.367 e. The lowest BCUT2D eigenvalue weighted by Crippen LogP contribution is -2.28. The van der Waals surface area contributed by atoms with Crippen molar-refractivity contribution in [3.63, 3.8) is 0 Å². The molecule has 6 nitrogen and oxygen atoms in total. The maximum Gasteiger partial charge on any atom is 0.273 e. The minimum absolute atomic E-state index is 0.0117. The first-order chi connectivity index (χ1) is 12.9. The van der Waals surface area contributed by atoms with E-state index in [-0.39, 0.29) is 12.3 Å². The number of methoxy groups -OCH3 is 1. The zero-order valence-electron chi connectivity index (χ0n) is 14.8. The van der Waals surface area contributed by atoms with E-state index in [0.717, 1.165) is 0 Å². The Kier molecular flexibility index (Phi) is 7.79. The second-order valence-electron chi connectivity index (χ2n) is 5.70. The van der Waals surface area contributed by atoms with Gasteiger partial charge in [0.1, 0.15) is 0 Å². The highest BCUT2D eigenvalue weighted by molar-refractivity contribution is 6.36. The summed E-state index contributed by atoms with van der Waals surface area (Å²) in [4.78, 5) is 24.4. The number of amides is 2. The van der Waals surface area contributed by atoms with Crippen LogP contribution in [0.2, 0.25) is 10.0 Å². The predicted molar refractivity (Wildman–Crippen MR) is 107 cm³/mol. The van der Waals surface area contributed by atoms with Crippen molar-refractivity contribution in [3.05, 3.63) is 64.1 Å². The molecular formula is C19H19Cl2N3O3. The van der Waals surface area contributed by atoms with Gasteiger partial charge in [-0.2, -0.15) is 5.10 Å². The molecule has 0 aliphatic heterocycles. The smallest absolute Gasteiger partial charge is 0.273 e. The number of benzene rings is 2. The molecule has 8 heteroatoms. The number of hydrogen-bond acceptors (Lipinski definition) is 4. The van der Waals surface area contributed by atoms with Gasteiger partial charge in [-0.15, -0.1) is 0 Å². The lowest BCUT2D eigenvalue weighted by Gasteiger charge is -2.14. The molecule has 0 spiro atoms. The molecule has 0 saturated carbocycles. The molecule has 2 amide bonds. The van der Waals surface area contributed by atoms with Gasteiger partial charge in [-0.25, -0.2) is 5.43 Å². The lowest BCUT2D eigenvalue weighted by atomic mass is 10.1. The van der Waals surface area contributed by atoms with Crippen molar-refractivity contribution in [2.75, 3.05) is 12.4 Å². The first-order valence-electron chi connectivity index (χ1n) is 8.06. The van der Waals surface area contributed by atoms with Crippen molar-refractivity contribution in [1.29, 1.82) is 0 Å². The Morgan fingerprint density at radius 2 is 1.85 bits per heavy atom. The SMILES string of the molecule is CO[C@@H](C(=O)N/N=C(/C)CC(=O)Nc1ccc(Cl)cc1Cl)c1ccccc1. The summed E-state index contributed by atoms with van der Waals surface area (Å²) in [6.45, 7) is 1.63. The Morgan fingerprint density at radius 1 is 1.15 bits per heavy atom. The fourth-order valence-corrected chi connectivity index (χ4v) is 2.74. The summed E-state index contributed by atoms with van der Waals surface area (Å²) < 4.78 is 5.23. The van der Waals surface area contributed by atoms with Gasteiger partial charge in [0.25, 0.3) is 5.91 Å². The fourth-order valence-electron chi connectivity index (χ4n) is 2.29. The van der Waals surface area contributed by atoms with E-state index < -0.39 is 12.0 Å². The van der Waals surface area contributed by atoms with Gasteiger partial charge in [-0.3, -0.25) is 9.59 Å². The van der Waals surface area contributed by atoms with E-state index in [9.17, 15) is 9.59 Å². The number of carbonyl (C=O) groups excluding carboxylic acids is 2. The zero-order valence-corrected chi connectivity index (χ0v) is 16.3. The molecule has 0 aliphatic carbocycles. The molecule has 0 radical (unpaired) electrons. The van der Waals surface area contributed by atoms with Crippen molar-refractivity contribution < 1.29 is 14.3 Å². The molecule has 2 aromatic carbocycles. The lowest BCUT2D eigenvalue weighted by molar-refractivity contribution is -0.131. The summed E-state index contributed by atoms with van der Waals surface area (Å²) in [6, 6.07) is 13.8. The number of anilines is 1. The fraction of sp³-hybridized carbons (Fsp3) is 0.211. The highest BCUT2D eigenvalue weighted by atomic mass is 35.5. The number of ether oxygens (including phenoxy) is 1. The second kappa shape index (κ2) is 10.1. The molecule has 0 heterocycles. The first kappa shape index (κ1) is 20.9. The third-order valence-electron chi connectivity index (χ3n) is 3.55. The standard InChI is InChI=1S/C19H19Cl2N3O3/c1-12(10-17(25)22-16-9-8-14(20)11-15(16)21)23-24-19(26)18(27-2)13-6-4-3-5-7-13/h3-9,11,18H,10H2,1-2H3,(H,22,25)(H,24,26)/b23-12-/t18-/m1/s1. The maximum atomic E-state index is 12.3. The monoisotopic (exact) mass is 407 g/mol. The Hall–Kier alpha value is -2.41. The molecule has 27 heavy (non-hydrogen) atoms. The van der Waals surface area contributed by atoms with Gasteiger partial charge < -0.3 is 10.1 Å². The van der Waals surface area contributed by atoms with Crippen LogP contribution in [0.1, 0.15) is 25.0 Å². The first-order valence-corrected chi connectivity index (χ1v) is 8.82. The third-order valence-corrected chi connectivity index (χ3v) is 4.10. The Bertz CT molecular complexity index is 841. The quantitative estimate of drug-likeness (QED) is 0.532. The van der Waals surface area contributed by atoms with E-state index in [0.29, 0.717) is 27.0 Å². The van der Waals surface area contributed by atoms with Crippen molar-refractivity contribution >= 4 is 46.4 Å². The summed E-state index contributed by atoms with van der Waals surface area (Å²) in [6.07, 6.45) is -0.799. The van der Waals surface area contributed by atoms with Crippen LogP contribution in [-0.4, -0.2) is 24.6 Å². The molecule has 142 valence electrons. The molecule has 0 saturated heterocycles. The van der Waals surface area contributed by atoms with E-state index in [1.165, 1.54) is 13.2 Å². The van der Waals surface area contributed by atoms with E-state index in [1.54, 1.807) is 31.2 Å². The highest BCUT2D eigenvalue weighted by Gasteiger charge is 2.19. The van der Waals surface area contributed by atoms with Gasteiger partial charge in [-0.1, -0.05) is 53.5 Å². The molecule has 0 bridgehead atoms. The van der Waals surface area contributed by atoms with Crippen LogP contribution >= 0.6 is 23.2 Å². The minimum atomic E-state index is -0.788. The number of carbonyl (C=O) groups is 2. The van der Waals surface area contributed by atoms with Crippen LogP contribution < -0.4 is 10.7 Å². The van der Waals surface area contributed by atoms with Crippen molar-refractivity contribution in [3.8, 4) is 0 Å². The number of rotatable bonds is 7. The number of nitrogens with zero attached hydrogens (tertiary/aromatic N) is 1. The van der Waals surface area contributed by atoms with Crippen LogP contribution in [0.25, 0.3) is 0 Å². The van der Waals surface area contributed by atoms with Gasteiger partial charge in [-0.05, 0) is 30.7 Å². The largest absolute Gasteiger partial charge is 0.367 e. The Labute approximate surface area is 167 Å². The second-order valence-corrected chi connectivity index (χ2v) is 6.54. The van der Waals surface area contributed by atoms with Crippen molar-refractivity contribution in [2.45, 2.75) is 19.4 Å². The number of nitrogens with one attached hydrogen (secondary N) is 2. The van der Waals surface area contributed by atoms with Gasteiger partial charge >= 0.3 is 0 Å². The summed E-state index contributed by atoms with van der Waals surface area (Å²) in [5.74, 6) is -0.745. The molecule has 2 N–H and O–H groups in total. The van der Waals surface area contributed by atoms with Gasteiger partial charge in [0, 0.05) is 17.8 Å². The van der Waals surface area contributed by atoms with E-state index in [1.807, 2.05) is 18.2 Å². The summed E-state index contributed by atoms with van der Waals surface area (Å²) in [7, 11) is 1.44. The van der Waals surface area contributed by atoms with E-state index >= 15 is 0 Å². The van der Waals surface area contributed by atoms with Crippen LogP contribution in [0.15, 0.2) is 53.6 Å². The number of halogens is 2. The Morgan fingerprint density at radius 3 is 2.48 bits per heavy atom. The van der Waals surface area contributed by atoms with Crippen LogP contribution in [0, 0.1) is 0 Å². The van der Waals surface area contributed by atoms with Crippen LogP contribution in [0.4, 0.5) is 5.69 Å². The average Bonchev–Trinajstić information content (AvgIpc) is 2.64. The summed E-state index contributed by atoms with van der Waals surface area (Å²) in [5, 5.41) is 7.44. The highest BCUT2D eigenvalue weighted by Crippen LogP contribution is 2.25. The molecular weight excluding hydrogens is 389 g/mol. The molecule has 0 aromatic heterocycles. The van der Waals surface area contributed by atoms with Crippen molar-refractivity contribution in [1.82, 2.24) is 5.43 Å². The average molecular weight is 408 g/mol.